The smallest absolute Gasteiger partial charge is 0.350 e. The Labute approximate surface area is 130 Å². The number of nitrogens with zero attached hydrogens (tertiary/aromatic N) is 2. The zero-order valence-electron chi connectivity index (χ0n) is 12.1. The molecule has 1 aromatic carbocycles. The van der Waals surface area contributed by atoms with Crippen molar-refractivity contribution >= 4 is 32.7 Å². The summed E-state index contributed by atoms with van der Waals surface area (Å²) in [5.74, 6) is -1.22. The Morgan fingerprint density at radius 2 is 2.00 bits per heavy atom. The van der Waals surface area contributed by atoms with Crippen molar-refractivity contribution in [1.82, 2.24) is 9.47 Å². The van der Waals surface area contributed by atoms with Gasteiger partial charge in [0.15, 0.2) is 0 Å². The van der Waals surface area contributed by atoms with Gasteiger partial charge < -0.3 is 9.47 Å². The summed E-state index contributed by atoms with van der Waals surface area (Å²) in [6, 6.07) is 7.38. The Kier molecular flexibility index (Phi) is 4.37. The van der Waals surface area contributed by atoms with E-state index in [4.69, 9.17) is 0 Å². The van der Waals surface area contributed by atoms with Crippen LogP contribution in [-0.2, 0) is 18.4 Å². The number of hydrogen-bond donors (Lipinski definition) is 0. The summed E-state index contributed by atoms with van der Waals surface area (Å²) < 4.78 is 28.5. The third kappa shape index (κ3) is 3.26. The molecular weight excluding hydrogens is 342 g/mol. The predicted molar refractivity (Wildman–Crippen MR) is 82.5 cm³/mol. The fourth-order valence-electron chi connectivity index (χ4n) is 2.39. The number of rotatable bonds is 4. The Bertz CT molecular complexity index is 661. The van der Waals surface area contributed by atoms with Gasteiger partial charge in [-0.15, -0.1) is 0 Å². The molecule has 0 radical (unpaired) electrons. The number of alkyl halides is 3. The Balaban J connectivity index is 2.38. The van der Waals surface area contributed by atoms with E-state index >= 15 is 0 Å². The molecule has 0 bridgehead atoms. The summed E-state index contributed by atoms with van der Waals surface area (Å²) >= 11 is 2.15. The van der Waals surface area contributed by atoms with Crippen LogP contribution in [0.1, 0.15) is 19.4 Å². The molecule has 0 saturated carbocycles. The SMILES string of the molecule is CC(C)N(Cc1cn(C)c2ccccc12)C(=O)C(F)(F)Br. The first-order valence-electron chi connectivity index (χ1n) is 6.62. The number of para-hydroxylation sites is 1. The highest BCUT2D eigenvalue weighted by molar-refractivity contribution is 9.10. The van der Waals surface area contributed by atoms with Crippen molar-refractivity contribution in [2.24, 2.45) is 7.05 Å². The van der Waals surface area contributed by atoms with Crippen LogP contribution >= 0.6 is 15.9 Å². The van der Waals surface area contributed by atoms with E-state index in [2.05, 4.69) is 15.9 Å². The monoisotopic (exact) mass is 358 g/mol. The predicted octanol–water partition coefficient (Wildman–Crippen LogP) is 3.90. The van der Waals surface area contributed by atoms with Crippen LogP contribution in [0.3, 0.4) is 0 Å². The highest BCUT2D eigenvalue weighted by Crippen LogP contribution is 2.28. The van der Waals surface area contributed by atoms with Crippen LogP contribution in [0.2, 0.25) is 0 Å². The quantitative estimate of drug-likeness (QED) is 0.760. The van der Waals surface area contributed by atoms with E-state index in [0.717, 1.165) is 16.5 Å². The first-order chi connectivity index (χ1) is 9.71. The Hall–Kier alpha value is -1.43. The van der Waals surface area contributed by atoms with Gasteiger partial charge in [-0.1, -0.05) is 18.2 Å². The Morgan fingerprint density at radius 3 is 2.57 bits per heavy atom. The van der Waals surface area contributed by atoms with Crippen LogP contribution in [0, 0.1) is 0 Å². The third-order valence-electron chi connectivity index (χ3n) is 3.45. The summed E-state index contributed by atoms with van der Waals surface area (Å²) in [7, 11) is 1.90. The molecule has 0 spiro atoms. The molecule has 0 aliphatic rings. The average Bonchev–Trinajstić information content (AvgIpc) is 2.71. The molecule has 6 heteroatoms. The first kappa shape index (κ1) is 15.9. The zero-order valence-corrected chi connectivity index (χ0v) is 13.7. The highest BCUT2D eigenvalue weighted by atomic mass is 79.9. The van der Waals surface area contributed by atoms with Gasteiger partial charge in [-0.3, -0.25) is 4.79 Å². The molecule has 114 valence electrons. The van der Waals surface area contributed by atoms with Gasteiger partial charge >= 0.3 is 10.7 Å². The summed E-state index contributed by atoms with van der Waals surface area (Å²) in [6.45, 7) is 3.60. The molecule has 1 amide bonds. The van der Waals surface area contributed by atoms with Crippen LogP contribution in [0.5, 0.6) is 0 Å². The number of halogens is 3. The minimum atomic E-state index is -3.54. The molecular formula is C15H17BrF2N2O. The maximum absolute atomic E-state index is 13.3. The molecule has 0 unspecified atom stereocenters. The first-order valence-corrected chi connectivity index (χ1v) is 7.42. The third-order valence-corrected chi connectivity index (χ3v) is 3.79. The molecule has 0 saturated heterocycles. The van der Waals surface area contributed by atoms with Crippen molar-refractivity contribution in [1.29, 1.82) is 0 Å². The van der Waals surface area contributed by atoms with Gasteiger partial charge in [0.2, 0.25) is 0 Å². The number of benzene rings is 1. The molecule has 0 atom stereocenters. The molecule has 2 rings (SSSR count). The van der Waals surface area contributed by atoms with Gasteiger partial charge in [0.25, 0.3) is 0 Å². The number of aromatic nitrogens is 1. The summed E-state index contributed by atoms with van der Waals surface area (Å²) in [5.41, 5.74) is 1.86. The molecule has 0 aliphatic carbocycles. The molecule has 0 aliphatic heterocycles. The highest BCUT2D eigenvalue weighted by Gasteiger charge is 2.40. The number of amides is 1. The lowest BCUT2D eigenvalue weighted by atomic mass is 10.1. The van der Waals surface area contributed by atoms with E-state index in [9.17, 15) is 13.6 Å². The normalized spacial score (nSPS) is 12.1. The second-order valence-corrected chi connectivity index (χ2v) is 6.30. The molecule has 1 heterocycles. The van der Waals surface area contributed by atoms with E-state index in [1.54, 1.807) is 13.8 Å². The molecule has 21 heavy (non-hydrogen) atoms. The topological polar surface area (TPSA) is 25.2 Å². The molecule has 0 fully saturated rings. The minimum absolute atomic E-state index is 0.152. The van der Waals surface area contributed by atoms with E-state index in [1.807, 2.05) is 42.1 Å². The maximum atomic E-state index is 13.3. The van der Waals surface area contributed by atoms with Crippen LogP contribution in [0.15, 0.2) is 30.5 Å². The maximum Gasteiger partial charge on any atom is 0.377 e. The molecule has 3 nitrogen and oxygen atoms in total. The summed E-state index contributed by atoms with van der Waals surface area (Å²) in [5, 5.41) is 0.969. The van der Waals surface area contributed by atoms with Crippen molar-refractivity contribution in [2.75, 3.05) is 0 Å². The van der Waals surface area contributed by atoms with Gasteiger partial charge in [0.05, 0.1) is 0 Å². The van der Waals surface area contributed by atoms with Crippen molar-refractivity contribution in [3.05, 3.63) is 36.0 Å². The van der Waals surface area contributed by atoms with E-state index < -0.39 is 10.7 Å². The fourth-order valence-corrected chi connectivity index (χ4v) is 2.61. The van der Waals surface area contributed by atoms with Gasteiger partial charge in [-0.05, 0) is 25.5 Å². The second-order valence-electron chi connectivity index (χ2n) is 5.31. The van der Waals surface area contributed by atoms with Gasteiger partial charge in [-0.25, -0.2) is 0 Å². The number of aryl methyl sites for hydroxylation is 1. The van der Waals surface area contributed by atoms with Crippen LogP contribution in [0.4, 0.5) is 8.78 Å². The summed E-state index contributed by atoms with van der Waals surface area (Å²) in [4.78, 5) is 9.51. The number of hydrogen-bond acceptors (Lipinski definition) is 1. The van der Waals surface area contributed by atoms with Crippen molar-refractivity contribution < 1.29 is 13.6 Å². The number of carbonyl (C=O) groups excluding carboxylic acids is 1. The van der Waals surface area contributed by atoms with Crippen molar-refractivity contribution in [2.45, 2.75) is 31.3 Å². The van der Waals surface area contributed by atoms with E-state index in [1.165, 1.54) is 4.90 Å². The van der Waals surface area contributed by atoms with E-state index in [-0.39, 0.29) is 12.6 Å². The lowest BCUT2D eigenvalue weighted by Crippen LogP contribution is -2.43. The van der Waals surface area contributed by atoms with Crippen molar-refractivity contribution in [3.63, 3.8) is 0 Å². The fraction of sp³-hybridized carbons (Fsp3) is 0.400. The Morgan fingerprint density at radius 1 is 1.38 bits per heavy atom. The number of carbonyl (C=O) groups is 1. The van der Waals surface area contributed by atoms with Crippen LogP contribution in [-0.4, -0.2) is 26.2 Å². The number of fused-ring (bicyclic) bond motifs is 1. The van der Waals surface area contributed by atoms with Crippen molar-refractivity contribution in [3.8, 4) is 0 Å². The molecule has 1 aromatic heterocycles. The lowest BCUT2D eigenvalue weighted by Gasteiger charge is -2.28. The van der Waals surface area contributed by atoms with Gasteiger partial charge in [0.1, 0.15) is 0 Å². The van der Waals surface area contributed by atoms with Crippen LogP contribution < -0.4 is 0 Å². The standard InChI is InChI=1S/C15H17BrF2N2O/c1-10(2)20(14(21)15(16,17)18)9-11-8-19(3)13-7-5-4-6-12(11)13/h4-8,10H,9H2,1-3H3. The van der Waals surface area contributed by atoms with Crippen LogP contribution in [0.25, 0.3) is 10.9 Å². The van der Waals surface area contributed by atoms with Gasteiger partial charge in [-0.2, -0.15) is 8.78 Å². The average molecular weight is 359 g/mol. The lowest BCUT2D eigenvalue weighted by molar-refractivity contribution is -0.148. The largest absolute Gasteiger partial charge is 0.377 e. The second kappa shape index (κ2) is 5.75. The van der Waals surface area contributed by atoms with E-state index in [0.29, 0.717) is 0 Å². The zero-order chi connectivity index (χ0) is 15.8. The summed E-state index contributed by atoms with van der Waals surface area (Å²) in [6.07, 6.45) is 1.87. The molecule has 0 N–H and O–H groups in total. The minimum Gasteiger partial charge on any atom is -0.350 e. The molecule has 2 aromatic rings. The van der Waals surface area contributed by atoms with Gasteiger partial charge in [0, 0.05) is 52.7 Å².